The molecule has 0 fully saturated rings. The quantitative estimate of drug-likeness (QED) is 0.567. The van der Waals surface area contributed by atoms with Gasteiger partial charge in [0.2, 0.25) is 0 Å². The first-order valence-electron chi connectivity index (χ1n) is 4.69. The van der Waals surface area contributed by atoms with Gasteiger partial charge in [0.1, 0.15) is 0 Å². The maximum atomic E-state index is 5.95. The van der Waals surface area contributed by atoms with Crippen LogP contribution < -0.4 is 5.32 Å². The second kappa shape index (κ2) is 6.06. The van der Waals surface area contributed by atoms with Crippen molar-refractivity contribution in [1.29, 1.82) is 0 Å². The van der Waals surface area contributed by atoms with Crippen molar-refractivity contribution in [2.24, 2.45) is 0 Å². The van der Waals surface area contributed by atoms with Crippen LogP contribution in [0.2, 0.25) is 5.02 Å². The molecule has 17 heavy (non-hydrogen) atoms. The Morgan fingerprint density at radius 1 is 1.12 bits per heavy atom. The fourth-order valence-corrected chi connectivity index (χ4v) is 3.97. The Morgan fingerprint density at radius 2 is 1.88 bits per heavy atom. The Bertz CT molecular complexity index is 522. The molecule has 1 aromatic carbocycles. The SMILES string of the molecule is Clc1ccc(Br)c(NCc2cc(Br)c(Br)s2)c1. The summed E-state index contributed by atoms with van der Waals surface area (Å²) in [6, 6.07) is 7.80. The highest BCUT2D eigenvalue weighted by Crippen LogP contribution is 2.33. The predicted octanol–water partition coefficient (Wildman–Crippen LogP) is 6.30. The van der Waals surface area contributed by atoms with E-state index in [-0.39, 0.29) is 0 Å². The van der Waals surface area contributed by atoms with Gasteiger partial charge in [-0.05, 0) is 72.1 Å². The fraction of sp³-hybridized carbons (Fsp3) is 0.0909. The Balaban J connectivity index is 2.09. The standard InChI is InChI=1S/C11H7Br3ClNS/c12-8-2-1-6(15)3-10(8)16-5-7-4-9(13)11(14)17-7/h1-4,16H,5H2. The van der Waals surface area contributed by atoms with Crippen molar-refractivity contribution in [3.63, 3.8) is 0 Å². The monoisotopic (exact) mass is 457 g/mol. The summed E-state index contributed by atoms with van der Waals surface area (Å²) < 4.78 is 3.21. The zero-order valence-corrected chi connectivity index (χ0v) is 14.8. The lowest BCUT2D eigenvalue weighted by atomic mass is 10.3. The van der Waals surface area contributed by atoms with Crippen LogP contribution in [-0.2, 0) is 6.54 Å². The summed E-state index contributed by atoms with van der Waals surface area (Å²) in [6.45, 7) is 0.772. The van der Waals surface area contributed by atoms with Gasteiger partial charge in [0, 0.05) is 25.4 Å². The van der Waals surface area contributed by atoms with E-state index >= 15 is 0 Å². The smallest absolute Gasteiger partial charge is 0.0843 e. The van der Waals surface area contributed by atoms with E-state index in [1.807, 2.05) is 18.2 Å². The van der Waals surface area contributed by atoms with Crippen LogP contribution in [-0.4, -0.2) is 0 Å². The minimum Gasteiger partial charge on any atom is -0.379 e. The third-order valence-corrected chi connectivity index (χ3v) is 6.26. The third-order valence-electron chi connectivity index (χ3n) is 2.08. The lowest BCUT2D eigenvalue weighted by Gasteiger charge is -2.07. The summed E-state index contributed by atoms with van der Waals surface area (Å²) in [4.78, 5) is 1.25. The molecule has 1 aromatic heterocycles. The molecule has 0 radical (unpaired) electrons. The van der Waals surface area contributed by atoms with Crippen molar-refractivity contribution in [3.8, 4) is 0 Å². The van der Waals surface area contributed by atoms with E-state index in [4.69, 9.17) is 11.6 Å². The van der Waals surface area contributed by atoms with E-state index < -0.39 is 0 Å². The molecule has 0 saturated heterocycles. The molecule has 2 aromatic rings. The third kappa shape index (κ3) is 3.70. The largest absolute Gasteiger partial charge is 0.379 e. The van der Waals surface area contributed by atoms with Crippen LogP contribution in [0.5, 0.6) is 0 Å². The second-order valence-corrected chi connectivity index (χ2v) is 7.91. The summed E-state index contributed by atoms with van der Waals surface area (Å²) >= 11 is 18.1. The van der Waals surface area contributed by atoms with E-state index in [1.54, 1.807) is 11.3 Å². The average molecular weight is 460 g/mol. The molecule has 0 saturated carbocycles. The highest BCUT2D eigenvalue weighted by atomic mass is 79.9. The Morgan fingerprint density at radius 3 is 2.53 bits per heavy atom. The van der Waals surface area contributed by atoms with E-state index in [0.717, 1.165) is 30.0 Å². The molecule has 0 aliphatic rings. The molecule has 1 N–H and O–H groups in total. The van der Waals surface area contributed by atoms with Gasteiger partial charge in [-0.1, -0.05) is 11.6 Å². The van der Waals surface area contributed by atoms with Crippen molar-refractivity contribution in [1.82, 2.24) is 0 Å². The second-order valence-electron chi connectivity index (χ2n) is 3.31. The van der Waals surface area contributed by atoms with Crippen molar-refractivity contribution >= 4 is 76.4 Å². The van der Waals surface area contributed by atoms with Crippen LogP contribution in [0.15, 0.2) is 37.0 Å². The molecule has 0 unspecified atom stereocenters. The minimum absolute atomic E-state index is 0.726. The number of hydrogen-bond donors (Lipinski definition) is 1. The molecule has 0 amide bonds. The van der Waals surface area contributed by atoms with Crippen molar-refractivity contribution < 1.29 is 0 Å². The number of halogens is 4. The van der Waals surface area contributed by atoms with Crippen molar-refractivity contribution in [3.05, 3.63) is 46.9 Å². The Labute approximate surface area is 134 Å². The topological polar surface area (TPSA) is 12.0 Å². The first-order chi connectivity index (χ1) is 8.06. The fourth-order valence-electron chi connectivity index (χ4n) is 1.29. The minimum atomic E-state index is 0.726. The first kappa shape index (κ1) is 13.9. The molecule has 6 heteroatoms. The van der Waals surface area contributed by atoms with Crippen LogP contribution >= 0.6 is 70.7 Å². The predicted molar refractivity (Wildman–Crippen MR) is 86.2 cm³/mol. The summed E-state index contributed by atoms with van der Waals surface area (Å²) in [5.74, 6) is 0. The van der Waals surface area contributed by atoms with Gasteiger partial charge in [-0.3, -0.25) is 0 Å². The molecule has 0 spiro atoms. The number of hydrogen-bond acceptors (Lipinski definition) is 2. The lowest BCUT2D eigenvalue weighted by molar-refractivity contribution is 1.19. The van der Waals surface area contributed by atoms with Crippen LogP contribution in [0.3, 0.4) is 0 Å². The zero-order valence-electron chi connectivity index (χ0n) is 8.44. The Hall–Kier alpha value is 0.450. The highest BCUT2D eigenvalue weighted by Gasteiger charge is 2.05. The molecule has 2 rings (SSSR count). The van der Waals surface area contributed by atoms with E-state index in [2.05, 4.69) is 59.2 Å². The van der Waals surface area contributed by atoms with Crippen molar-refractivity contribution in [2.75, 3.05) is 5.32 Å². The van der Waals surface area contributed by atoms with Gasteiger partial charge in [0.15, 0.2) is 0 Å². The highest BCUT2D eigenvalue weighted by molar-refractivity contribution is 9.13. The molecule has 0 aliphatic heterocycles. The van der Waals surface area contributed by atoms with E-state index in [9.17, 15) is 0 Å². The number of thiophene rings is 1. The molecular formula is C11H7Br3ClNS. The van der Waals surface area contributed by atoms with Crippen LogP contribution in [0.25, 0.3) is 0 Å². The van der Waals surface area contributed by atoms with Gasteiger partial charge >= 0.3 is 0 Å². The molecule has 1 nitrogen and oxygen atoms in total. The number of rotatable bonds is 3. The molecule has 1 heterocycles. The van der Waals surface area contributed by atoms with Crippen LogP contribution in [0.4, 0.5) is 5.69 Å². The van der Waals surface area contributed by atoms with Gasteiger partial charge in [-0.2, -0.15) is 0 Å². The van der Waals surface area contributed by atoms with Gasteiger partial charge in [0.05, 0.1) is 9.47 Å². The summed E-state index contributed by atoms with van der Waals surface area (Å²) in [5.41, 5.74) is 0.998. The summed E-state index contributed by atoms with van der Waals surface area (Å²) in [6.07, 6.45) is 0. The lowest BCUT2D eigenvalue weighted by Crippen LogP contribution is -1.97. The van der Waals surface area contributed by atoms with Gasteiger partial charge < -0.3 is 5.32 Å². The molecule has 90 valence electrons. The number of nitrogens with one attached hydrogen (secondary N) is 1. The summed E-state index contributed by atoms with van der Waals surface area (Å²) in [5, 5.41) is 4.07. The normalized spacial score (nSPS) is 10.6. The van der Waals surface area contributed by atoms with Crippen LogP contribution in [0.1, 0.15) is 4.88 Å². The van der Waals surface area contributed by atoms with E-state index in [0.29, 0.717) is 0 Å². The first-order valence-corrected chi connectivity index (χ1v) is 8.26. The van der Waals surface area contributed by atoms with Crippen LogP contribution in [0, 0.1) is 0 Å². The average Bonchev–Trinajstić information content (AvgIpc) is 2.60. The van der Waals surface area contributed by atoms with Gasteiger partial charge in [-0.25, -0.2) is 0 Å². The molecule has 0 atom stereocenters. The van der Waals surface area contributed by atoms with Gasteiger partial charge in [0.25, 0.3) is 0 Å². The zero-order chi connectivity index (χ0) is 12.4. The van der Waals surface area contributed by atoms with E-state index in [1.165, 1.54) is 4.88 Å². The molecular weight excluding hydrogens is 453 g/mol. The maximum absolute atomic E-state index is 5.95. The number of benzene rings is 1. The summed E-state index contributed by atoms with van der Waals surface area (Å²) in [7, 11) is 0. The van der Waals surface area contributed by atoms with Gasteiger partial charge in [-0.15, -0.1) is 11.3 Å². The molecule has 0 aliphatic carbocycles. The maximum Gasteiger partial charge on any atom is 0.0843 e. The Kier molecular flexibility index (Phi) is 4.95. The van der Waals surface area contributed by atoms with Crippen molar-refractivity contribution in [2.45, 2.75) is 6.54 Å². The molecule has 0 bridgehead atoms. The number of anilines is 1.